The van der Waals surface area contributed by atoms with Crippen molar-refractivity contribution in [1.29, 1.82) is 0 Å². The second-order valence-corrected chi connectivity index (χ2v) is 10.5. The Morgan fingerprint density at radius 2 is 0.750 bits per heavy atom. The molecule has 7 aromatic rings. The number of imidazole rings is 2. The molecular formula is C36H32N4+2. The maximum Gasteiger partial charge on any atom is 0.245 e. The highest BCUT2D eigenvalue weighted by molar-refractivity contribution is 5.72. The molecule has 0 radical (unpaired) electrons. The standard InChI is InChI=1S/C36H32N4/c1-3-11-29(12-4-1)23-37-27-39(35-17-9-7-15-33(35)37)25-31-19-21-32(22-20-31)26-40-28-38(24-30-13-5-2-6-14-30)34-16-8-10-18-36(34)40/h1-22,27-28H,23-26H2/q+2. The Bertz CT molecular complexity index is 1740. The first-order chi connectivity index (χ1) is 19.8. The Kier molecular flexibility index (Phi) is 6.42. The Hall–Kier alpha value is -4.96. The van der Waals surface area contributed by atoms with Gasteiger partial charge >= 0.3 is 0 Å². The highest BCUT2D eigenvalue weighted by Crippen LogP contribution is 2.17. The summed E-state index contributed by atoms with van der Waals surface area (Å²) >= 11 is 0. The van der Waals surface area contributed by atoms with Crippen molar-refractivity contribution in [1.82, 2.24) is 9.13 Å². The molecule has 0 aliphatic carbocycles. The zero-order valence-corrected chi connectivity index (χ0v) is 22.5. The molecule has 0 fully saturated rings. The van der Waals surface area contributed by atoms with E-state index in [1.54, 1.807) is 0 Å². The van der Waals surface area contributed by atoms with Crippen LogP contribution in [0.1, 0.15) is 22.3 Å². The van der Waals surface area contributed by atoms with E-state index in [2.05, 4.69) is 164 Å². The summed E-state index contributed by atoms with van der Waals surface area (Å²) in [5.74, 6) is 0. The predicted molar refractivity (Wildman–Crippen MR) is 160 cm³/mol. The number of nitrogens with zero attached hydrogens (tertiary/aromatic N) is 4. The molecule has 2 aromatic heterocycles. The first-order valence-electron chi connectivity index (χ1n) is 13.9. The molecule has 5 aromatic carbocycles. The van der Waals surface area contributed by atoms with Crippen LogP contribution in [-0.2, 0) is 26.2 Å². The third kappa shape index (κ3) is 4.92. The molecule has 2 heterocycles. The molecule has 0 bridgehead atoms. The van der Waals surface area contributed by atoms with Crippen molar-refractivity contribution in [2.24, 2.45) is 0 Å². The number of hydrogen-bond donors (Lipinski definition) is 0. The molecule has 0 amide bonds. The fourth-order valence-electron chi connectivity index (χ4n) is 5.69. The molecule has 0 aliphatic rings. The molecule has 0 aliphatic heterocycles. The van der Waals surface area contributed by atoms with E-state index in [1.807, 2.05) is 0 Å². The van der Waals surface area contributed by atoms with E-state index in [0.29, 0.717) is 0 Å². The van der Waals surface area contributed by atoms with E-state index in [1.165, 1.54) is 44.3 Å². The molecule has 7 rings (SSSR count). The van der Waals surface area contributed by atoms with Gasteiger partial charge in [-0.2, -0.15) is 0 Å². The average molecular weight is 521 g/mol. The molecule has 0 atom stereocenters. The van der Waals surface area contributed by atoms with Gasteiger partial charge in [0.2, 0.25) is 12.7 Å². The number of para-hydroxylation sites is 4. The molecule has 4 nitrogen and oxygen atoms in total. The minimum Gasteiger partial charge on any atom is -0.226 e. The zero-order valence-electron chi connectivity index (χ0n) is 22.5. The highest BCUT2D eigenvalue weighted by atomic mass is 15.1. The summed E-state index contributed by atoms with van der Waals surface area (Å²) < 4.78 is 9.42. The smallest absolute Gasteiger partial charge is 0.226 e. The maximum absolute atomic E-state index is 2.36. The molecule has 40 heavy (non-hydrogen) atoms. The minimum absolute atomic E-state index is 0.839. The normalized spacial score (nSPS) is 11.4. The van der Waals surface area contributed by atoms with Crippen LogP contribution in [0.25, 0.3) is 22.1 Å². The van der Waals surface area contributed by atoms with E-state index in [9.17, 15) is 0 Å². The second-order valence-electron chi connectivity index (χ2n) is 10.5. The largest absolute Gasteiger partial charge is 0.245 e. The van der Waals surface area contributed by atoms with Crippen molar-refractivity contribution < 1.29 is 9.13 Å². The van der Waals surface area contributed by atoms with Gasteiger partial charge in [0.1, 0.15) is 26.2 Å². The zero-order chi connectivity index (χ0) is 26.7. The summed E-state index contributed by atoms with van der Waals surface area (Å²) in [7, 11) is 0. The third-order valence-electron chi connectivity index (χ3n) is 7.68. The SMILES string of the molecule is c1ccc(C[n+]2cn(Cc3ccc(Cn4c[n+](Cc5ccccc5)c5ccccc54)cc3)c3ccccc32)cc1. The van der Waals surface area contributed by atoms with Gasteiger partial charge in [-0.3, -0.25) is 0 Å². The summed E-state index contributed by atoms with van der Waals surface area (Å²) in [6, 6.07) is 47.8. The second kappa shape index (κ2) is 10.7. The lowest BCUT2D eigenvalue weighted by Gasteiger charge is -2.03. The van der Waals surface area contributed by atoms with E-state index in [-0.39, 0.29) is 0 Å². The lowest BCUT2D eigenvalue weighted by molar-refractivity contribution is -0.663. The maximum atomic E-state index is 2.36. The Morgan fingerprint density at radius 3 is 1.18 bits per heavy atom. The van der Waals surface area contributed by atoms with Gasteiger partial charge in [0.25, 0.3) is 0 Å². The molecule has 0 N–H and O–H groups in total. The van der Waals surface area contributed by atoms with Crippen LogP contribution < -0.4 is 9.13 Å². The molecule has 0 saturated carbocycles. The molecule has 0 spiro atoms. The van der Waals surface area contributed by atoms with Crippen molar-refractivity contribution >= 4 is 22.1 Å². The number of rotatable bonds is 8. The topological polar surface area (TPSA) is 17.6 Å². The Morgan fingerprint density at radius 1 is 0.375 bits per heavy atom. The van der Waals surface area contributed by atoms with Gasteiger partial charge in [0.05, 0.1) is 0 Å². The van der Waals surface area contributed by atoms with Gasteiger partial charge in [-0.1, -0.05) is 109 Å². The fourth-order valence-corrected chi connectivity index (χ4v) is 5.69. The predicted octanol–water partition coefficient (Wildman–Crippen LogP) is 6.36. The van der Waals surface area contributed by atoms with Crippen LogP contribution in [0.3, 0.4) is 0 Å². The van der Waals surface area contributed by atoms with Crippen LogP contribution >= 0.6 is 0 Å². The first kappa shape index (κ1) is 24.1. The molecule has 0 saturated heterocycles. The van der Waals surface area contributed by atoms with Gasteiger partial charge in [-0.15, -0.1) is 0 Å². The van der Waals surface area contributed by atoms with E-state index in [4.69, 9.17) is 0 Å². The summed E-state index contributed by atoms with van der Waals surface area (Å²) in [6.07, 6.45) is 4.51. The number of fused-ring (bicyclic) bond motifs is 2. The van der Waals surface area contributed by atoms with Crippen LogP contribution in [0.5, 0.6) is 0 Å². The van der Waals surface area contributed by atoms with E-state index in [0.717, 1.165) is 26.2 Å². The van der Waals surface area contributed by atoms with Crippen LogP contribution in [0.4, 0.5) is 0 Å². The molecule has 194 valence electrons. The summed E-state index contributed by atoms with van der Waals surface area (Å²) in [5.41, 5.74) is 10.2. The van der Waals surface area contributed by atoms with Crippen LogP contribution in [0, 0.1) is 0 Å². The third-order valence-corrected chi connectivity index (χ3v) is 7.68. The molecule has 4 heteroatoms. The summed E-state index contributed by atoms with van der Waals surface area (Å²) in [4.78, 5) is 0. The van der Waals surface area contributed by atoms with Gasteiger partial charge < -0.3 is 0 Å². The van der Waals surface area contributed by atoms with E-state index < -0.39 is 0 Å². The van der Waals surface area contributed by atoms with Crippen molar-refractivity contribution in [2.75, 3.05) is 0 Å². The van der Waals surface area contributed by atoms with Crippen molar-refractivity contribution in [3.8, 4) is 0 Å². The van der Waals surface area contributed by atoms with Crippen LogP contribution in [0.15, 0.2) is 146 Å². The lowest BCUT2D eigenvalue weighted by atomic mass is 10.1. The van der Waals surface area contributed by atoms with Crippen molar-refractivity contribution in [3.05, 3.63) is 168 Å². The number of aromatic nitrogens is 4. The molecule has 0 unspecified atom stereocenters. The van der Waals surface area contributed by atoms with Crippen molar-refractivity contribution in [2.45, 2.75) is 26.2 Å². The summed E-state index contributed by atoms with van der Waals surface area (Å²) in [5, 5.41) is 0. The van der Waals surface area contributed by atoms with Gasteiger partial charge in [-0.05, 0) is 46.5 Å². The number of benzene rings is 5. The highest BCUT2D eigenvalue weighted by Gasteiger charge is 2.18. The van der Waals surface area contributed by atoms with Crippen LogP contribution in [0.2, 0.25) is 0 Å². The lowest BCUT2D eigenvalue weighted by Crippen LogP contribution is -2.32. The Labute approximate surface area is 234 Å². The van der Waals surface area contributed by atoms with Gasteiger partial charge in [-0.25, -0.2) is 18.3 Å². The minimum atomic E-state index is 0.839. The van der Waals surface area contributed by atoms with E-state index >= 15 is 0 Å². The van der Waals surface area contributed by atoms with Gasteiger partial charge in [0.15, 0.2) is 22.1 Å². The Balaban J connectivity index is 1.12. The first-order valence-corrected chi connectivity index (χ1v) is 13.9. The number of hydrogen-bond acceptors (Lipinski definition) is 0. The van der Waals surface area contributed by atoms with Gasteiger partial charge in [0, 0.05) is 0 Å². The average Bonchev–Trinajstić information content (AvgIpc) is 3.53. The van der Waals surface area contributed by atoms with Crippen LogP contribution in [-0.4, -0.2) is 9.13 Å². The summed E-state index contributed by atoms with van der Waals surface area (Å²) in [6.45, 7) is 3.41. The molecular weight excluding hydrogens is 488 g/mol. The monoisotopic (exact) mass is 520 g/mol. The fraction of sp³-hybridized carbons (Fsp3) is 0.111. The quantitative estimate of drug-likeness (QED) is 0.208. The van der Waals surface area contributed by atoms with Crippen molar-refractivity contribution in [3.63, 3.8) is 0 Å².